The minimum Gasteiger partial charge on any atom is -0.497 e. The van der Waals surface area contributed by atoms with E-state index in [0.717, 1.165) is 6.07 Å². The average Bonchev–Trinajstić information content (AvgIpc) is 2.63. The number of carbonyl (C=O) groups excluding carboxylic acids is 2. The van der Waals surface area contributed by atoms with Crippen LogP contribution in [0.1, 0.15) is 10.4 Å². The molecule has 2 aromatic carbocycles. The van der Waals surface area contributed by atoms with Gasteiger partial charge in [0.2, 0.25) is 5.91 Å². The van der Waals surface area contributed by atoms with E-state index in [1.807, 2.05) is 0 Å². The number of amides is 2. The fourth-order valence-corrected chi connectivity index (χ4v) is 2.18. The molecule has 138 valence electrons. The molecule has 0 saturated carbocycles. The van der Waals surface area contributed by atoms with Crippen molar-refractivity contribution in [2.45, 2.75) is 0 Å². The van der Waals surface area contributed by atoms with Gasteiger partial charge in [0.05, 0.1) is 31.2 Å². The third kappa shape index (κ3) is 4.70. The highest BCUT2D eigenvalue weighted by Gasteiger charge is 2.16. The van der Waals surface area contributed by atoms with Crippen molar-refractivity contribution in [3.63, 3.8) is 0 Å². The molecule has 0 unspecified atom stereocenters. The molecule has 7 nitrogen and oxygen atoms in total. The predicted octanol–water partition coefficient (Wildman–Crippen LogP) is 2.68. The summed E-state index contributed by atoms with van der Waals surface area (Å²) in [6, 6.07) is 8.60. The third-order valence-corrected chi connectivity index (χ3v) is 3.45. The second kappa shape index (κ2) is 8.82. The Labute approximate surface area is 150 Å². The summed E-state index contributed by atoms with van der Waals surface area (Å²) in [4.78, 5) is 24.2. The zero-order valence-corrected chi connectivity index (χ0v) is 14.6. The number of rotatable bonds is 7. The van der Waals surface area contributed by atoms with Crippen LogP contribution in [0.5, 0.6) is 11.5 Å². The highest BCUT2D eigenvalue weighted by atomic mass is 19.1. The zero-order valence-electron chi connectivity index (χ0n) is 14.6. The minimum absolute atomic E-state index is 0.146. The Morgan fingerprint density at radius 1 is 0.923 bits per heavy atom. The van der Waals surface area contributed by atoms with Gasteiger partial charge in [0.15, 0.2) is 0 Å². The summed E-state index contributed by atoms with van der Waals surface area (Å²) >= 11 is 0. The van der Waals surface area contributed by atoms with Gasteiger partial charge in [0, 0.05) is 19.2 Å². The van der Waals surface area contributed by atoms with Gasteiger partial charge in [-0.15, -0.1) is 0 Å². The molecule has 2 N–H and O–H groups in total. The third-order valence-electron chi connectivity index (χ3n) is 3.45. The Balaban J connectivity index is 2.28. The monoisotopic (exact) mass is 362 g/mol. The molecule has 0 spiro atoms. The van der Waals surface area contributed by atoms with Gasteiger partial charge in [0.1, 0.15) is 23.9 Å². The van der Waals surface area contributed by atoms with Crippen LogP contribution in [0.25, 0.3) is 0 Å². The largest absolute Gasteiger partial charge is 0.497 e. The number of nitrogens with one attached hydrogen (secondary N) is 2. The van der Waals surface area contributed by atoms with Crippen LogP contribution in [0.2, 0.25) is 0 Å². The van der Waals surface area contributed by atoms with Crippen molar-refractivity contribution in [2.75, 3.05) is 38.6 Å². The second-order valence-corrected chi connectivity index (χ2v) is 5.19. The van der Waals surface area contributed by atoms with E-state index in [1.165, 1.54) is 39.5 Å². The van der Waals surface area contributed by atoms with Crippen molar-refractivity contribution in [3.05, 3.63) is 47.8 Å². The topological polar surface area (TPSA) is 85.9 Å². The lowest BCUT2D eigenvalue weighted by atomic mass is 10.1. The van der Waals surface area contributed by atoms with Gasteiger partial charge in [0.25, 0.3) is 5.91 Å². The van der Waals surface area contributed by atoms with Gasteiger partial charge >= 0.3 is 0 Å². The van der Waals surface area contributed by atoms with Crippen molar-refractivity contribution in [2.24, 2.45) is 0 Å². The van der Waals surface area contributed by atoms with E-state index in [4.69, 9.17) is 14.2 Å². The molecule has 26 heavy (non-hydrogen) atoms. The molecule has 0 heterocycles. The lowest BCUT2D eigenvalue weighted by Crippen LogP contribution is -2.20. The Bertz CT molecular complexity index is 810. The van der Waals surface area contributed by atoms with Gasteiger partial charge in [-0.25, -0.2) is 4.39 Å². The van der Waals surface area contributed by atoms with Crippen molar-refractivity contribution in [1.29, 1.82) is 0 Å². The number of anilines is 2. The van der Waals surface area contributed by atoms with Gasteiger partial charge in [-0.1, -0.05) is 0 Å². The maximum absolute atomic E-state index is 14.1. The van der Waals surface area contributed by atoms with Crippen LogP contribution in [0.15, 0.2) is 36.4 Å². The summed E-state index contributed by atoms with van der Waals surface area (Å²) in [5.74, 6) is -1.05. The quantitative estimate of drug-likeness (QED) is 0.791. The van der Waals surface area contributed by atoms with E-state index in [9.17, 15) is 14.0 Å². The lowest BCUT2D eigenvalue weighted by molar-refractivity contribution is -0.119. The van der Waals surface area contributed by atoms with Crippen LogP contribution >= 0.6 is 0 Å². The number of benzene rings is 2. The summed E-state index contributed by atoms with van der Waals surface area (Å²) in [5, 5.41) is 5.18. The highest BCUT2D eigenvalue weighted by molar-refractivity contribution is 6.07. The number of hydrogen-bond donors (Lipinski definition) is 2. The molecule has 0 aromatic heterocycles. The van der Waals surface area contributed by atoms with Crippen LogP contribution in [0, 0.1) is 5.82 Å². The molecule has 8 heteroatoms. The first-order valence-electron chi connectivity index (χ1n) is 7.60. The maximum atomic E-state index is 14.1. The molecule has 2 rings (SSSR count). The smallest absolute Gasteiger partial charge is 0.258 e. The Morgan fingerprint density at radius 3 is 2.19 bits per heavy atom. The van der Waals surface area contributed by atoms with Gasteiger partial charge in [-0.2, -0.15) is 0 Å². The van der Waals surface area contributed by atoms with E-state index >= 15 is 0 Å². The zero-order chi connectivity index (χ0) is 19.1. The summed E-state index contributed by atoms with van der Waals surface area (Å²) in [5.41, 5.74) is 0.423. The summed E-state index contributed by atoms with van der Waals surface area (Å²) in [6.45, 7) is -0.146. The molecular weight excluding hydrogens is 343 g/mol. The summed E-state index contributed by atoms with van der Waals surface area (Å²) < 4.78 is 28.9. The van der Waals surface area contributed by atoms with Gasteiger partial charge < -0.3 is 24.8 Å². The summed E-state index contributed by atoms with van der Waals surface area (Å²) in [6.07, 6.45) is 0. The second-order valence-electron chi connectivity index (χ2n) is 5.19. The van der Waals surface area contributed by atoms with Crippen LogP contribution in [-0.2, 0) is 9.53 Å². The SMILES string of the molecule is COCC(=O)Nc1ccc(OC)cc1NC(=O)c1ccc(OC)cc1F. The van der Waals surface area contributed by atoms with Crippen molar-refractivity contribution in [3.8, 4) is 11.5 Å². The number of carbonyl (C=O) groups is 2. The fourth-order valence-electron chi connectivity index (χ4n) is 2.18. The molecule has 0 saturated heterocycles. The standard InChI is InChI=1S/C18H19FN2O5/c1-24-10-17(22)20-15-7-5-12(26-3)9-16(15)21-18(23)13-6-4-11(25-2)8-14(13)19/h4-9H,10H2,1-3H3,(H,20,22)(H,21,23). The molecule has 0 aliphatic heterocycles. The Kier molecular flexibility index (Phi) is 6.51. The molecule has 0 fully saturated rings. The molecule has 0 radical (unpaired) electrons. The highest BCUT2D eigenvalue weighted by Crippen LogP contribution is 2.28. The van der Waals surface area contributed by atoms with E-state index < -0.39 is 17.6 Å². The van der Waals surface area contributed by atoms with Crippen molar-refractivity contribution >= 4 is 23.2 Å². The first kappa shape index (κ1) is 19.2. The van der Waals surface area contributed by atoms with Crippen molar-refractivity contribution < 1.29 is 28.2 Å². The van der Waals surface area contributed by atoms with Crippen LogP contribution in [0.3, 0.4) is 0 Å². The predicted molar refractivity (Wildman–Crippen MR) is 94.4 cm³/mol. The van der Waals surface area contributed by atoms with E-state index in [2.05, 4.69) is 10.6 Å². The molecule has 0 atom stereocenters. The van der Waals surface area contributed by atoms with Crippen LogP contribution < -0.4 is 20.1 Å². The lowest BCUT2D eigenvalue weighted by Gasteiger charge is -2.14. The van der Waals surface area contributed by atoms with Gasteiger partial charge in [-0.05, 0) is 24.3 Å². The van der Waals surface area contributed by atoms with Crippen LogP contribution in [0.4, 0.5) is 15.8 Å². The first-order chi connectivity index (χ1) is 12.5. The molecule has 2 aromatic rings. The fraction of sp³-hybridized carbons (Fsp3) is 0.222. The number of methoxy groups -OCH3 is 3. The summed E-state index contributed by atoms with van der Waals surface area (Å²) in [7, 11) is 4.26. The molecule has 0 aliphatic carbocycles. The van der Waals surface area contributed by atoms with Crippen molar-refractivity contribution in [1.82, 2.24) is 0 Å². The normalized spacial score (nSPS) is 10.2. The van der Waals surface area contributed by atoms with E-state index in [-0.39, 0.29) is 17.9 Å². The van der Waals surface area contributed by atoms with E-state index in [1.54, 1.807) is 12.1 Å². The van der Waals surface area contributed by atoms with Gasteiger partial charge in [-0.3, -0.25) is 9.59 Å². The maximum Gasteiger partial charge on any atom is 0.258 e. The minimum atomic E-state index is -0.727. The number of ether oxygens (including phenoxy) is 3. The molecule has 0 bridgehead atoms. The van der Waals surface area contributed by atoms with E-state index in [0.29, 0.717) is 17.2 Å². The molecular formula is C18H19FN2O5. The van der Waals surface area contributed by atoms with Crippen LogP contribution in [-0.4, -0.2) is 39.8 Å². The number of halogens is 1. The molecule has 0 aliphatic rings. The first-order valence-corrected chi connectivity index (χ1v) is 7.60. The Hall–Kier alpha value is -3.13. The number of hydrogen-bond acceptors (Lipinski definition) is 5. The average molecular weight is 362 g/mol. The Morgan fingerprint density at radius 2 is 1.58 bits per heavy atom. The molecule has 2 amide bonds.